The van der Waals surface area contributed by atoms with Crippen molar-refractivity contribution in [3.05, 3.63) is 28.2 Å². The van der Waals surface area contributed by atoms with E-state index in [1.165, 1.54) is 0 Å². The Kier molecular flexibility index (Phi) is 3.92. The zero-order chi connectivity index (χ0) is 13.3. The van der Waals surface area contributed by atoms with Crippen LogP contribution in [0.2, 0.25) is 0 Å². The molecule has 1 aromatic rings. The van der Waals surface area contributed by atoms with Gasteiger partial charge in [0.05, 0.1) is 17.9 Å². The highest BCUT2D eigenvalue weighted by Crippen LogP contribution is 2.29. The number of nitrogens with two attached hydrogens (primary N) is 1. The molecule has 0 bridgehead atoms. The molecular formula is C13H18BrN3O. The number of rotatable bonds is 2. The van der Waals surface area contributed by atoms with Crippen molar-refractivity contribution >= 4 is 27.5 Å². The zero-order valence-corrected chi connectivity index (χ0v) is 12.2. The van der Waals surface area contributed by atoms with Gasteiger partial charge in [0.2, 0.25) is 0 Å². The van der Waals surface area contributed by atoms with Crippen molar-refractivity contribution in [2.24, 2.45) is 5.73 Å². The van der Waals surface area contributed by atoms with Gasteiger partial charge in [0.15, 0.2) is 0 Å². The molecule has 1 aliphatic rings. The van der Waals surface area contributed by atoms with Gasteiger partial charge in [-0.3, -0.25) is 5.41 Å². The summed E-state index contributed by atoms with van der Waals surface area (Å²) in [6, 6.07) is 5.78. The van der Waals surface area contributed by atoms with Gasteiger partial charge >= 0.3 is 0 Å². The average Bonchev–Trinajstić information content (AvgIpc) is 2.27. The molecule has 1 aromatic carbocycles. The Labute approximate surface area is 116 Å². The minimum absolute atomic E-state index is 0.0889. The van der Waals surface area contributed by atoms with Crippen LogP contribution < -0.4 is 10.6 Å². The number of benzene rings is 1. The van der Waals surface area contributed by atoms with Gasteiger partial charge < -0.3 is 15.4 Å². The lowest BCUT2D eigenvalue weighted by Gasteiger charge is -2.37. The van der Waals surface area contributed by atoms with E-state index in [4.69, 9.17) is 15.9 Å². The SMILES string of the molecule is C[C@@H]1CN(c2ccc(C(=N)N)cc2Br)C[C@H](C)O1. The van der Waals surface area contributed by atoms with E-state index < -0.39 is 0 Å². The first-order valence-corrected chi connectivity index (χ1v) is 6.81. The number of amidine groups is 1. The number of nitrogens with zero attached hydrogens (tertiary/aromatic N) is 1. The molecule has 98 valence electrons. The summed E-state index contributed by atoms with van der Waals surface area (Å²) in [6.07, 6.45) is 0.460. The molecule has 2 atom stereocenters. The summed E-state index contributed by atoms with van der Waals surface area (Å²) in [6.45, 7) is 5.92. The van der Waals surface area contributed by atoms with Crippen LogP contribution in [0.15, 0.2) is 22.7 Å². The Morgan fingerprint density at radius 1 is 1.39 bits per heavy atom. The molecule has 1 fully saturated rings. The van der Waals surface area contributed by atoms with Crippen molar-refractivity contribution < 1.29 is 4.74 Å². The first-order valence-electron chi connectivity index (χ1n) is 6.01. The molecule has 1 saturated heterocycles. The van der Waals surface area contributed by atoms with Crippen LogP contribution in [0.4, 0.5) is 5.69 Å². The van der Waals surface area contributed by atoms with Gasteiger partial charge in [0.1, 0.15) is 5.84 Å². The van der Waals surface area contributed by atoms with Crippen molar-refractivity contribution in [3.8, 4) is 0 Å². The van der Waals surface area contributed by atoms with Crippen LogP contribution in [0, 0.1) is 5.41 Å². The van der Waals surface area contributed by atoms with Crippen LogP contribution in [0.3, 0.4) is 0 Å². The lowest BCUT2D eigenvalue weighted by atomic mass is 10.1. The number of nitrogen functional groups attached to an aromatic ring is 1. The van der Waals surface area contributed by atoms with E-state index in [9.17, 15) is 0 Å². The third-order valence-corrected chi connectivity index (χ3v) is 3.65. The summed E-state index contributed by atoms with van der Waals surface area (Å²) >= 11 is 3.56. The van der Waals surface area contributed by atoms with E-state index in [0.717, 1.165) is 28.8 Å². The van der Waals surface area contributed by atoms with Crippen molar-refractivity contribution in [1.29, 1.82) is 5.41 Å². The molecule has 0 aromatic heterocycles. The Morgan fingerprint density at radius 2 is 2.00 bits per heavy atom. The van der Waals surface area contributed by atoms with Gasteiger partial charge in [-0.15, -0.1) is 0 Å². The molecule has 4 nitrogen and oxygen atoms in total. The van der Waals surface area contributed by atoms with Crippen molar-refractivity contribution in [2.75, 3.05) is 18.0 Å². The molecule has 5 heteroatoms. The molecule has 0 aliphatic carbocycles. The lowest BCUT2D eigenvalue weighted by molar-refractivity contribution is -0.00525. The van der Waals surface area contributed by atoms with Gasteiger partial charge in [-0.25, -0.2) is 0 Å². The maximum absolute atomic E-state index is 7.43. The van der Waals surface area contributed by atoms with Crippen molar-refractivity contribution in [3.63, 3.8) is 0 Å². The van der Waals surface area contributed by atoms with Crippen molar-refractivity contribution in [1.82, 2.24) is 0 Å². The predicted octanol–water partition coefficient (Wildman–Crippen LogP) is 2.35. The third kappa shape index (κ3) is 2.84. The highest BCUT2D eigenvalue weighted by molar-refractivity contribution is 9.10. The second kappa shape index (κ2) is 5.28. The summed E-state index contributed by atoms with van der Waals surface area (Å²) in [5.74, 6) is 0.0889. The van der Waals surface area contributed by atoms with E-state index in [-0.39, 0.29) is 18.0 Å². The van der Waals surface area contributed by atoms with Crippen LogP contribution in [0.1, 0.15) is 19.4 Å². The lowest BCUT2D eigenvalue weighted by Crippen LogP contribution is -2.45. The highest BCUT2D eigenvalue weighted by Gasteiger charge is 2.23. The monoisotopic (exact) mass is 311 g/mol. The van der Waals surface area contributed by atoms with Gasteiger partial charge in [-0.2, -0.15) is 0 Å². The summed E-state index contributed by atoms with van der Waals surface area (Å²) in [4.78, 5) is 2.30. The normalized spacial score (nSPS) is 24.1. The summed E-state index contributed by atoms with van der Waals surface area (Å²) in [5.41, 5.74) is 7.35. The van der Waals surface area contributed by atoms with Crippen LogP contribution in [0.25, 0.3) is 0 Å². The quantitative estimate of drug-likeness (QED) is 0.651. The minimum Gasteiger partial charge on any atom is -0.384 e. The number of hydrogen-bond donors (Lipinski definition) is 2. The Bertz CT molecular complexity index is 454. The number of halogens is 1. The Balaban J connectivity index is 2.25. The molecule has 18 heavy (non-hydrogen) atoms. The maximum atomic E-state index is 7.43. The van der Waals surface area contributed by atoms with Crippen LogP contribution in [-0.4, -0.2) is 31.1 Å². The van der Waals surface area contributed by atoms with Gasteiger partial charge in [0.25, 0.3) is 0 Å². The van der Waals surface area contributed by atoms with E-state index in [1.807, 2.05) is 18.2 Å². The largest absolute Gasteiger partial charge is 0.384 e. The van der Waals surface area contributed by atoms with Gasteiger partial charge in [-0.05, 0) is 48.0 Å². The fourth-order valence-electron chi connectivity index (χ4n) is 2.31. The molecule has 0 saturated carbocycles. The Morgan fingerprint density at radius 3 is 2.50 bits per heavy atom. The average molecular weight is 312 g/mol. The second-order valence-electron chi connectivity index (χ2n) is 4.74. The van der Waals surface area contributed by atoms with E-state index in [1.54, 1.807) is 0 Å². The predicted molar refractivity (Wildman–Crippen MR) is 77.4 cm³/mol. The molecule has 1 aliphatic heterocycles. The number of hydrogen-bond acceptors (Lipinski definition) is 3. The molecule has 0 spiro atoms. The number of anilines is 1. The number of ether oxygens (including phenoxy) is 1. The smallest absolute Gasteiger partial charge is 0.122 e. The van der Waals surface area contributed by atoms with E-state index >= 15 is 0 Å². The summed E-state index contributed by atoms with van der Waals surface area (Å²) in [7, 11) is 0. The summed E-state index contributed by atoms with van der Waals surface area (Å²) < 4.78 is 6.70. The summed E-state index contributed by atoms with van der Waals surface area (Å²) in [5, 5.41) is 7.43. The molecule has 1 heterocycles. The minimum atomic E-state index is 0.0889. The van der Waals surface area contributed by atoms with Crippen LogP contribution in [-0.2, 0) is 4.74 Å². The highest BCUT2D eigenvalue weighted by atomic mass is 79.9. The van der Waals surface area contributed by atoms with E-state index in [0.29, 0.717) is 0 Å². The first-order chi connectivity index (χ1) is 8.47. The van der Waals surface area contributed by atoms with Crippen molar-refractivity contribution in [2.45, 2.75) is 26.1 Å². The fraction of sp³-hybridized carbons (Fsp3) is 0.462. The van der Waals surface area contributed by atoms with Gasteiger partial charge in [0, 0.05) is 23.1 Å². The van der Waals surface area contributed by atoms with Gasteiger partial charge in [-0.1, -0.05) is 0 Å². The third-order valence-electron chi connectivity index (χ3n) is 3.02. The second-order valence-corrected chi connectivity index (χ2v) is 5.60. The molecular weight excluding hydrogens is 294 g/mol. The van der Waals surface area contributed by atoms with E-state index in [2.05, 4.69) is 34.7 Å². The number of nitrogens with one attached hydrogen (secondary N) is 1. The molecule has 0 amide bonds. The molecule has 2 rings (SSSR count). The maximum Gasteiger partial charge on any atom is 0.122 e. The Hall–Kier alpha value is -1.07. The van der Waals surface area contributed by atoms with Crippen LogP contribution in [0.5, 0.6) is 0 Å². The fourth-order valence-corrected chi connectivity index (χ4v) is 2.94. The molecule has 0 unspecified atom stereocenters. The standard InChI is InChI=1S/C13H18BrN3O/c1-8-6-17(7-9(2)18-8)12-4-3-10(13(15)16)5-11(12)14/h3-5,8-9H,6-7H2,1-2H3,(H3,15,16)/t8-,9+. The van der Waals surface area contributed by atoms with Crippen LogP contribution >= 0.6 is 15.9 Å². The topological polar surface area (TPSA) is 62.3 Å². The first kappa shape index (κ1) is 13.4. The number of morpholine rings is 1. The molecule has 3 N–H and O–H groups in total. The molecule has 0 radical (unpaired) electrons. The zero-order valence-electron chi connectivity index (χ0n) is 10.6.